The molecule has 2 rings (SSSR count). The standard InChI is InChI=1S/C14H17N3O3/c1-8-12(14(15)17-7-16-8)9-5-10(18-2)13(20-4)11(6-9)19-3/h5-7H,1-4H3,(H2,15,16,17). The SMILES string of the molecule is COc1cc(-c2c(C)ncnc2N)cc(OC)c1OC. The molecule has 0 spiro atoms. The number of nitrogens with two attached hydrogens (primary N) is 1. The van der Waals surface area contributed by atoms with Gasteiger partial charge in [-0.05, 0) is 24.6 Å². The molecule has 1 aromatic carbocycles. The van der Waals surface area contributed by atoms with Crippen LogP contribution >= 0.6 is 0 Å². The first kappa shape index (κ1) is 13.9. The molecule has 0 amide bonds. The maximum atomic E-state index is 5.94. The van der Waals surface area contributed by atoms with Crippen LogP contribution in [-0.2, 0) is 0 Å². The van der Waals surface area contributed by atoms with E-state index in [-0.39, 0.29) is 0 Å². The number of benzene rings is 1. The van der Waals surface area contributed by atoms with E-state index >= 15 is 0 Å². The Hall–Kier alpha value is -2.50. The van der Waals surface area contributed by atoms with E-state index in [4.69, 9.17) is 19.9 Å². The second-order valence-electron chi connectivity index (χ2n) is 4.13. The zero-order valence-electron chi connectivity index (χ0n) is 11.9. The summed E-state index contributed by atoms with van der Waals surface area (Å²) in [6.07, 6.45) is 1.44. The number of aromatic nitrogens is 2. The average molecular weight is 275 g/mol. The molecule has 0 fully saturated rings. The van der Waals surface area contributed by atoms with Crippen molar-refractivity contribution in [2.45, 2.75) is 6.92 Å². The van der Waals surface area contributed by atoms with Crippen LogP contribution in [0.5, 0.6) is 17.2 Å². The molecule has 0 aliphatic carbocycles. The van der Waals surface area contributed by atoms with Crippen LogP contribution in [0.1, 0.15) is 5.69 Å². The highest BCUT2D eigenvalue weighted by Crippen LogP contribution is 2.42. The number of nitrogens with zero attached hydrogens (tertiary/aromatic N) is 2. The highest BCUT2D eigenvalue weighted by atomic mass is 16.5. The van der Waals surface area contributed by atoms with Crippen molar-refractivity contribution in [1.29, 1.82) is 0 Å². The van der Waals surface area contributed by atoms with Gasteiger partial charge in [0, 0.05) is 5.56 Å². The molecule has 0 aliphatic rings. The van der Waals surface area contributed by atoms with E-state index in [9.17, 15) is 0 Å². The van der Waals surface area contributed by atoms with Crippen LogP contribution in [0.2, 0.25) is 0 Å². The Bertz CT molecular complexity index is 584. The molecule has 0 aliphatic heterocycles. The van der Waals surface area contributed by atoms with Crippen LogP contribution < -0.4 is 19.9 Å². The molecule has 0 atom stereocenters. The van der Waals surface area contributed by atoms with Crippen molar-refractivity contribution in [3.63, 3.8) is 0 Å². The van der Waals surface area contributed by atoms with Gasteiger partial charge in [-0.25, -0.2) is 9.97 Å². The van der Waals surface area contributed by atoms with E-state index in [2.05, 4.69) is 9.97 Å². The quantitative estimate of drug-likeness (QED) is 0.920. The fourth-order valence-electron chi connectivity index (χ4n) is 2.07. The van der Waals surface area contributed by atoms with Gasteiger partial charge in [0.2, 0.25) is 5.75 Å². The monoisotopic (exact) mass is 275 g/mol. The van der Waals surface area contributed by atoms with Gasteiger partial charge in [-0.3, -0.25) is 0 Å². The van der Waals surface area contributed by atoms with E-state index < -0.39 is 0 Å². The molecule has 0 unspecified atom stereocenters. The Labute approximate surface area is 117 Å². The van der Waals surface area contributed by atoms with Crippen molar-refractivity contribution in [3.8, 4) is 28.4 Å². The minimum atomic E-state index is 0.409. The first-order valence-electron chi connectivity index (χ1n) is 5.99. The van der Waals surface area contributed by atoms with Crippen molar-refractivity contribution in [3.05, 3.63) is 24.2 Å². The first-order valence-corrected chi connectivity index (χ1v) is 5.99. The summed E-state index contributed by atoms with van der Waals surface area (Å²) in [4.78, 5) is 8.19. The molecule has 2 aromatic rings. The summed E-state index contributed by atoms with van der Waals surface area (Å²) >= 11 is 0. The lowest BCUT2D eigenvalue weighted by Gasteiger charge is -2.15. The van der Waals surface area contributed by atoms with Crippen molar-refractivity contribution < 1.29 is 14.2 Å². The number of ether oxygens (including phenoxy) is 3. The maximum Gasteiger partial charge on any atom is 0.203 e. The predicted molar refractivity (Wildman–Crippen MR) is 76.3 cm³/mol. The van der Waals surface area contributed by atoms with E-state index in [1.807, 2.05) is 19.1 Å². The van der Waals surface area contributed by atoms with Gasteiger partial charge in [-0.2, -0.15) is 0 Å². The Morgan fingerprint density at radius 2 is 1.55 bits per heavy atom. The van der Waals surface area contributed by atoms with E-state index in [0.717, 1.165) is 16.8 Å². The smallest absolute Gasteiger partial charge is 0.203 e. The van der Waals surface area contributed by atoms with Crippen LogP contribution in [-0.4, -0.2) is 31.3 Å². The molecular formula is C14H17N3O3. The van der Waals surface area contributed by atoms with Crippen molar-refractivity contribution >= 4 is 5.82 Å². The summed E-state index contributed by atoms with van der Waals surface area (Å²) in [6.45, 7) is 1.87. The average Bonchev–Trinajstić information content (AvgIpc) is 2.45. The van der Waals surface area contributed by atoms with E-state index in [1.165, 1.54) is 6.33 Å². The topological polar surface area (TPSA) is 79.5 Å². The van der Waals surface area contributed by atoms with Gasteiger partial charge in [0.25, 0.3) is 0 Å². The summed E-state index contributed by atoms with van der Waals surface area (Å²) < 4.78 is 16.0. The van der Waals surface area contributed by atoms with Gasteiger partial charge in [0.15, 0.2) is 11.5 Å². The minimum Gasteiger partial charge on any atom is -0.493 e. The van der Waals surface area contributed by atoms with E-state index in [1.54, 1.807) is 21.3 Å². The third-order valence-electron chi connectivity index (χ3n) is 3.02. The lowest BCUT2D eigenvalue weighted by atomic mass is 10.0. The number of anilines is 1. The van der Waals surface area contributed by atoms with Crippen molar-refractivity contribution in [2.24, 2.45) is 0 Å². The Balaban J connectivity index is 2.69. The highest BCUT2D eigenvalue weighted by molar-refractivity contribution is 5.79. The highest BCUT2D eigenvalue weighted by Gasteiger charge is 2.17. The third kappa shape index (κ3) is 2.32. The van der Waals surface area contributed by atoms with Crippen LogP contribution in [0.4, 0.5) is 5.82 Å². The number of aryl methyl sites for hydroxylation is 1. The lowest BCUT2D eigenvalue weighted by Crippen LogP contribution is -2.00. The predicted octanol–water partition coefficient (Wildman–Crippen LogP) is 2.06. The van der Waals surface area contributed by atoms with Gasteiger partial charge < -0.3 is 19.9 Å². The zero-order chi connectivity index (χ0) is 14.7. The third-order valence-corrected chi connectivity index (χ3v) is 3.02. The molecule has 0 saturated heterocycles. The van der Waals surface area contributed by atoms with Gasteiger partial charge >= 0.3 is 0 Å². The second-order valence-corrected chi connectivity index (χ2v) is 4.13. The van der Waals surface area contributed by atoms with Gasteiger partial charge in [-0.1, -0.05) is 0 Å². The van der Waals surface area contributed by atoms with Gasteiger partial charge in [-0.15, -0.1) is 0 Å². The summed E-state index contributed by atoms with van der Waals surface area (Å²) in [7, 11) is 4.70. The zero-order valence-corrected chi connectivity index (χ0v) is 11.9. The lowest BCUT2D eigenvalue weighted by molar-refractivity contribution is 0.324. The number of hydrogen-bond donors (Lipinski definition) is 1. The van der Waals surface area contributed by atoms with Crippen molar-refractivity contribution in [1.82, 2.24) is 9.97 Å². The Morgan fingerprint density at radius 3 is 2.00 bits per heavy atom. The largest absolute Gasteiger partial charge is 0.493 e. The fraction of sp³-hybridized carbons (Fsp3) is 0.286. The summed E-state index contributed by atoms with van der Waals surface area (Å²) in [5, 5.41) is 0. The number of methoxy groups -OCH3 is 3. The van der Waals surface area contributed by atoms with Crippen LogP contribution in [0.15, 0.2) is 18.5 Å². The molecule has 1 heterocycles. The first-order chi connectivity index (χ1) is 9.62. The molecule has 6 heteroatoms. The molecule has 0 radical (unpaired) electrons. The second kappa shape index (κ2) is 5.64. The molecule has 6 nitrogen and oxygen atoms in total. The molecule has 20 heavy (non-hydrogen) atoms. The summed E-state index contributed by atoms with van der Waals surface area (Å²) in [6, 6.07) is 3.65. The summed E-state index contributed by atoms with van der Waals surface area (Å²) in [5.41, 5.74) is 8.30. The molecule has 1 aromatic heterocycles. The maximum absolute atomic E-state index is 5.94. The van der Waals surface area contributed by atoms with Crippen LogP contribution in [0, 0.1) is 6.92 Å². The van der Waals surface area contributed by atoms with E-state index in [0.29, 0.717) is 23.1 Å². The Morgan fingerprint density at radius 1 is 0.950 bits per heavy atom. The number of hydrogen-bond acceptors (Lipinski definition) is 6. The summed E-state index contributed by atoms with van der Waals surface area (Å²) in [5.74, 6) is 2.06. The molecule has 106 valence electrons. The van der Waals surface area contributed by atoms with Gasteiger partial charge in [0.05, 0.1) is 27.0 Å². The van der Waals surface area contributed by atoms with Crippen molar-refractivity contribution in [2.75, 3.05) is 27.1 Å². The molecule has 0 saturated carbocycles. The molecule has 2 N–H and O–H groups in total. The number of rotatable bonds is 4. The molecule has 0 bridgehead atoms. The van der Waals surface area contributed by atoms with Crippen LogP contribution in [0.25, 0.3) is 11.1 Å². The minimum absolute atomic E-state index is 0.409. The normalized spacial score (nSPS) is 10.2. The molecular weight excluding hydrogens is 258 g/mol. The fourth-order valence-corrected chi connectivity index (χ4v) is 2.07. The Kier molecular flexibility index (Phi) is 3.93. The van der Waals surface area contributed by atoms with Gasteiger partial charge in [0.1, 0.15) is 12.1 Å². The number of nitrogen functional groups attached to an aromatic ring is 1. The van der Waals surface area contributed by atoms with Crippen LogP contribution in [0.3, 0.4) is 0 Å².